The number of aromatic nitrogens is 2. The van der Waals surface area contributed by atoms with Gasteiger partial charge in [-0.1, -0.05) is 11.3 Å². The van der Waals surface area contributed by atoms with E-state index in [4.69, 9.17) is 14.1 Å². The van der Waals surface area contributed by atoms with E-state index in [1.54, 1.807) is 29.0 Å². The van der Waals surface area contributed by atoms with E-state index in [-0.39, 0.29) is 11.8 Å². The van der Waals surface area contributed by atoms with Crippen LogP contribution in [-0.2, 0) is 0 Å². The molecule has 0 bridgehead atoms. The van der Waals surface area contributed by atoms with E-state index in [1.165, 1.54) is 17.6 Å². The standard InChI is InChI=1S/C23H22N4O4S/c1-15-20(22(29)26-11-9-25(10-12-26)21(28)19-4-3-13-31-19)32-23-24-18(14-27(15)23)16-5-7-17(30-2)8-6-16/h3-8,13-14H,9-12H2,1-2H3. The highest BCUT2D eigenvalue weighted by molar-refractivity contribution is 7.19. The van der Waals surface area contributed by atoms with Crippen LogP contribution in [0, 0.1) is 6.92 Å². The number of aryl methyl sites for hydroxylation is 1. The SMILES string of the molecule is COc1ccc(-c2cn3c(C)c(C(=O)N4CCN(C(=O)c5ccco5)CC4)sc3n2)cc1. The Balaban J connectivity index is 1.30. The molecule has 4 heterocycles. The Bertz CT molecular complexity index is 1270. The molecule has 1 fully saturated rings. The number of methoxy groups -OCH3 is 1. The third kappa shape index (κ3) is 3.54. The van der Waals surface area contributed by atoms with Crippen LogP contribution in [0.25, 0.3) is 16.2 Å². The molecular weight excluding hydrogens is 428 g/mol. The van der Waals surface area contributed by atoms with E-state index in [0.29, 0.717) is 36.8 Å². The minimum Gasteiger partial charge on any atom is -0.497 e. The summed E-state index contributed by atoms with van der Waals surface area (Å²) in [5.41, 5.74) is 2.72. The lowest BCUT2D eigenvalue weighted by Crippen LogP contribution is -2.50. The zero-order valence-electron chi connectivity index (χ0n) is 17.8. The quantitative estimate of drug-likeness (QED) is 0.475. The Labute approximate surface area is 188 Å². The van der Waals surface area contributed by atoms with Gasteiger partial charge in [0.2, 0.25) is 0 Å². The number of fused-ring (bicyclic) bond motifs is 1. The van der Waals surface area contributed by atoms with Gasteiger partial charge in [0.15, 0.2) is 10.7 Å². The average molecular weight is 451 g/mol. The number of imidazole rings is 1. The van der Waals surface area contributed by atoms with Crippen LogP contribution >= 0.6 is 11.3 Å². The fraction of sp³-hybridized carbons (Fsp3) is 0.261. The first-order chi connectivity index (χ1) is 15.5. The van der Waals surface area contributed by atoms with Crippen molar-refractivity contribution in [2.24, 2.45) is 0 Å². The number of furan rings is 1. The summed E-state index contributed by atoms with van der Waals surface area (Å²) in [5.74, 6) is 0.964. The lowest BCUT2D eigenvalue weighted by Gasteiger charge is -2.34. The molecular formula is C23H22N4O4S. The van der Waals surface area contributed by atoms with Gasteiger partial charge >= 0.3 is 0 Å². The van der Waals surface area contributed by atoms with Crippen molar-refractivity contribution in [3.8, 4) is 17.0 Å². The van der Waals surface area contributed by atoms with Crippen molar-refractivity contribution >= 4 is 28.1 Å². The topological polar surface area (TPSA) is 80.3 Å². The molecule has 1 saturated heterocycles. The number of benzene rings is 1. The largest absolute Gasteiger partial charge is 0.497 e. The average Bonchev–Trinajstić information content (AvgIpc) is 3.57. The molecule has 5 rings (SSSR count). The molecule has 8 nitrogen and oxygen atoms in total. The van der Waals surface area contributed by atoms with E-state index >= 15 is 0 Å². The first-order valence-corrected chi connectivity index (χ1v) is 11.1. The van der Waals surface area contributed by atoms with Crippen LogP contribution in [0.5, 0.6) is 5.75 Å². The molecule has 0 unspecified atom stereocenters. The Hall–Kier alpha value is -3.59. The molecule has 2 amide bonds. The lowest BCUT2D eigenvalue weighted by molar-refractivity contribution is 0.0520. The number of carbonyl (C=O) groups is 2. The minimum atomic E-state index is -0.140. The monoisotopic (exact) mass is 450 g/mol. The molecule has 0 aliphatic carbocycles. The van der Waals surface area contributed by atoms with Crippen molar-refractivity contribution in [2.45, 2.75) is 6.92 Å². The van der Waals surface area contributed by atoms with Gasteiger partial charge in [0.1, 0.15) is 10.6 Å². The minimum absolute atomic E-state index is 0.0194. The highest BCUT2D eigenvalue weighted by Gasteiger charge is 2.29. The van der Waals surface area contributed by atoms with Gasteiger partial charge in [-0.05, 0) is 43.3 Å². The smallest absolute Gasteiger partial charge is 0.289 e. The van der Waals surface area contributed by atoms with Gasteiger partial charge in [-0.2, -0.15) is 0 Å². The molecule has 164 valence electrons. The molecule has 4 aromatic rings. The molecule has 9 heteroatoms. The Morgan fingerprint density at radius 3 is 2.31 bits per heavy atom. The predicted octanol–water partition coefficient (Wildman–Crippen LogP) is 3.57. The second-order valence-corrected chi connectivity index (χ2v) is 8.56. The highest BCUT2D eigenvalue weighted by atomic mass is 32.1. The summed E-state index contributed by atoms with van der Waals surface area (Å²) in [4.78, 5) is 35.3. The van der Waals surface area contributed by atoms with Crippen molar-refractivity contribution in [1.82, 2.24) is 19.2 Å². The molecule has 0 spiro atoms. The molecule has 1 aliphatic heterocycles. The van der Waals surface area contributed by atoms with E-state index in [2.05, 4.69) is 0 Å². The molecule has 0 radical (unpaired) electrons. The third-order valence-electron chi connectivity index (χ3n) is 5.72. The molecule has 0 saturated carbocycles. The Morgan fingerprint density at radius 1 is 1.03 bits per heavy atom. The van der Waals surface area contributed by atoms with Crippen molar-refractivity contribution in [2.75, 3.05) is 33.3 Å². The van der Waals surface area contributed by atoms with E-state index < -0.39 is 0 Å². The summed E-state index contributed by atoms with van der Waals surface area (Å²) in [5, 5.41) is 0. The van der Waals surface area contributed by atoms with Gasteiger partial charge in [0, 0.05) is 43.6 Å². The van der Waals surface area contributed by atoms with Gasteiger partial charge in [-0.25, -0.2) is 4.98 Å². The highest BCUT2D eigenvalue weighted by Crippen LogP contribution is 2.29. The number of amides is 2. The van der Waals surface area contributed by atoms with Gasteiger partial charge in [0.05, 0.1) is 19.1 Å². The normalized spacial score (nSPS) is 14.2. The van der Waals surface area contributed by atoms with Crippen LogP contribution in [0.3, 0.4) is 0 Å². The maximum atomic E-state index is 13.2. The summed E-state index contributed by atoms with van der Waals surface area (Å²) in [6, 6.07) is 11.1. The molecule has 1 aromatic carbocycles. The van der Waals surface area contributed by atoms with Crippen molar-refractivity contribution in [1.29, 1.82) is 0 Å². The Morgan fingerprint density at radius 2 is 1.72 bits per heavy atom. The number of carbonyl (C=O) groups excluding carboxylic acids is 2. The zero-order valence-corrected chi connectivity index (χ0v) is 18.6. The van der Waals surface area contributed by atoms with Crippen molar-refractivity contribution < 1.29 is 18.7 Å². The molecule has 3 aromatic heterocycles. The van der Waals surface area contributed by atoms with Crippen LogP contribution in [0.4, 0.5) is 0 Å². The second kappa shape index (κ2) is 8.16. The van der Waals surface area contributed by atoms with E-state index in [0.717, 1.165) is 27.7 Å². The van der Waals surface area contributed by atoms with Gasteiger partial charge < -0.3 is 19.0 Å². The summed E-state index contributed by atoms with van der Waals surface area (Å²) >= 11 is 1.39. The number of piperazine rings is 1. The zero-order chi connectivity index (χ0) is 22.2. The molecule has 1 aliphatic rings. The van der Waals surface area contributed by atoms with Crippen LogP contribution in [-0.4, -0.2) is 64.3 Å². The third-order valence-corrected chi connectivity index (χ3v) is 6.87. The van der Waals surface area contributed by atoms with Gasteiger partial charge in [-0.15, -0.1) is 0 Å². The predicted molar refractivity (Wildman–Crippen MR) is 120 cm³/mol. The van der Waals surface area contributed by atoms with Crippen molar-refractivity contribution in [3.05, 3.63) is 65.2 Å². The number of rotatable bonds is 4. The fourth-order valence-corrected chi connectivity index (χ4v) is 4.94. The summed E-state index contributed by atoms with van der Waals surface area (Å²) < 4.78 is 12.4. The Kier molecular flexibility index (Phi) is 5.18. The van der Waals surface area contributed by atoms with Crippen LogP contribution in [0.1, 0.15) is 25.9 Å². The van der Waals surface area contributed by atoms with Crippen LogP contribution in [0.15, 0.2) is 53.3 Å². The van der Waals surface area contributed by atoms with E-state index in [9.17, 15) is 9.59 Å². The van der Waals surface area contributed by atoms with Crippen LogP contribution in [0.2, 0.25) is 0 Å². The summed E-state index contributed by atoms with van der Waals surface area (Å²) in [6.07, 6.45) is 3.45. The maximum Gasteiger partial charge on any atom is 0.289 e. The second-order valence-electron chi connectivity index (χ2n) is 7.59. The number of thiazole rings is 1. The number of ether oxygens (including phenoxy) is 1. The first kappa shape index (κ1) is 20.3. The number of hydrogen-bond acceptors (Lipinski definition) is 6. The molecule has 0 atom stereocenters. The first-order valence-electron chi connectivity index (χ1n) is 10.3. The molecule has 32 heavy (non-hydrogen) atoms. The maximum absolute atomic E-state index is 13.2. The van der Waals surface area contributed by atoms with Gasteiger partial charge in [-0.3, -0.25) is 14.0 Å². The van der Waals surface area contributed by atoms with Gasteiger partial charge in [0.25, 0.3) is 11.8 Å². The van der Waals surface area contributed by atoms with E-state index in [1.807, 2.05) is 41.8 Å². The number of hydrogen-bond donors (Lipinski definition) is 0. The molecule has 0 N–H and O–H groups in total. The fourth-order valence-electron chi connectivity index (χ4n) is 3.86. The van der Waals surface area contributed by atoms with Crippen LogP contribution < -0.4 is 4.74 Å². The summed E-state index contributed by atoms with van der Waals surface area (Å²) in [6.45, 7) is 3.87. The number of nitrogens with zero attached hydrogens (tertiary/aromatic N) is 4. The van der Waals surface area contributed by atoms with Crippen molar-refractivity contribution in [3.63, 3.8) is 0 Å². The summed E-state index contributed by atoms with van der Waals surface area (Å²) in [7, 11) is 1.64. The lowest BCUT2D eigenvalue weighted by atomic mass is 10.2.